The summed E-state index contributed by atoms with van der Waals surface area (Å²) in [7, 11) is 3.55. The van der Waals surface area contributed by atoms with E-state index in [2.05, 4.69) is 22.2 Å². The Hall–Kier alpha value is -2.68. The van der Waals surface area contributed by atoms with Gasteiger partial charge in [0.1, 0.15) is 5.75 Å². The third kappa shape index (κ3) is 4.26. The first-order valence-corrected chi connectivity index (χ1v) is 10.7. The number of amides is 2. The highest BCUT2D eigenvalue weighted by Crippen LogP contribution is 2.29. The summed E-state index contributed by atoms with van der Waals surface area (Å²) in [6, 6.07) is 10.3. The molecular formula is C21H21ClN4O3S. The molecule has 1 aromatic heterocycles. The fraction of sp³-hybridized carbons (Fsp3) is 0.286. The van der Waals surface area contributed by atoms with Crippen LogP contribution in [0.3, 0.4) is 0 Å². The third-order valence-electron chi connectivity index (χ3n) is 5.05. The maximum atomic E-state index is 12.8. The Bertz CT molecular complexity index is 1110. The SMILES string of the molecule is COc1ccc(Cl)cc1C(=O)Nc1nc2ccc(C(=O)N3CCN(C)CC3)cc2s1. The first-order chi connectivity index (χ1) is 14.4. The van der Waals surface area contributed by atoms with E-state index >= 15 is 0 Å². The number of thiazole rings is 1. The van der Waals surface area contributed by atoms with Crippen LogP contribution in [0.2, 0.25) is 5.02 Å². The molecule has 0 unspecified atom stereocenters. The lowest BCUT2D eigenvalue weighted by Crippen LogP contribution is -2.47. The molecule has 3 aromatic rings. The van der Waals surface area contributed by atoms with Crippen molar-refractivity contribution in [1.29, 1.82) is 0 Å². The number of aromatic nitrogens is 1. The molecule has 4 rings (SSSR count). The minimum atomic E-state index is -0.359. The Kier molecular flexibility index (Phi) is 5.90. The van der Waals surface area contributed by atoms with Gasteiger partial charge >= 0.3 is 0 Å². The van der Waals surface area contributed by atoms with Gasteiger partial charge in [0.2, 0.25) is 0 Å². The average molecular weight is 445 g/mol. The molecule has 0 saturated carbocycles. The number of halogens is 1. The highest BCUT2D eigenvalue weighted by atomic mass is 35.5. The number of ether oxygens (including phenoxy) is 1. The summed E-state index contributed by atoms with van der Waals surface area (Å²) < 4.78 is 6.08. The van der Waals surface area contributed by atoms with E-state index in [0.717, 1.165) is 36.4 Å². The zero-order valence-corrected chi connectivity index (χ0v) is 18.2. The van der Waals surface area contributed by atoms with Crippen molar-refractivity contribution in [2.45, 2.75) is 0 Å². The van der Waals surface area contributed by atoms with Gasteiger partial charge in [0.05, 0.1) is 22.9 Å². The number of hydrogen-bond acceptors (Lipinski definition) is 6. The van der Waals surface area contributed by atoms with Gasteiger partial charge in [0.25, 0.3) is 11.8 Å². The van der Waals surface area contributed by atoms with Crippen molar-refractivity contribution in [1.82, 2.24) is 14.8 Å². The van der Waals surface area contributed by atoms with E-state index in [-0.39, 0.29) is 11.8 Å². The van der Waals surface area contributed by atoms with E-state index in [1.54, 1.807) is 24.3 Å². The lowest BCUT2D eigenvalue weighted by Gasteiger charge is -2.32. The summed E-state index contributed by atoms with van der Waals surface area (Å²) in [5.74, 6) is 0.0906. The number of benzene rings is 2. The molecule has 1 fully saturated rings. The summed E-state index contributed by atoms with van der Waals surface area (Å²) in [4.78, 5) is 34.0. The summed E-state index contributed by atoms with van der Waals surface area (Å²) in [5, 5.41) is 3.68. The molecule has 0 aliphatic carbocycles. The van der Waals surface area contributed by atoms with E-state index in [1.807, 2.05) is 17.0 Å². The number of likely N-dealkylation sites (N-methyl/N-ethyl adjacent to an activating group) is 1. The second-order valence-corrected chi connectivity index (χ2v) is 8.56. The third-order valence-corrected chi connectivity index (χ3v) is 6.22. The lowest BCUT2D eigenvalue weighted by molar-refractivity contribution is 0.0664. The number of nitrogens with one attached hydrogen (secondary N) is 1. The Morgan fingerprint density at radius 2 is 1.90 bits per heavy atom. The van der Waals surface area contributed by atoms with Crippen LogP contribution in [0.1, 0.15) is 20.7 Å². The average Bonchev–Trinajstić information content (AvgIpc) is 3.15. The van der Waals surface area contributed by atoms with Gasteiger partial charge in [-0.15, -0.1) is 0 Å². The van der Waals surface area contributed by atoms with E-state index in [1.165, 1.54) is 18.4 Å². The standard InChI is InChI=1S/C21H21ClN4O3S/c1-25-7-9-26(10-8-25)20(28)13-3-5-16-18(11-13)30-21(23-16)24-19(27)15-12-14(22)4-6-17(15)29-2/h3-6,11-12H,7-10H2,1-2H3,(H,23,24,27). The van der Waals surface area contributed by atoms with Crippen molar-refractivity contribution in [3.63, 3.8) is 0 Å². The quantitative estimate of drug-likeness (QED) is 0.665. The molecule has 2 aromatic carbocycles. The summed E-state index contributed by atoms with van der Waals surface area (Å²) >= 11 is 7.34. The predicted octanol–water partition coefficient (Wildman–Crippen LogP) is 3.60. The van der Waals surface area contributed by atoms with Crippen LogP contribution in [-0.4, -0.2) is 66.9 Å². The maximum Gasteiger partial charge on any atom is 0.261 e. The summed E-state index contributed by atoms with van der Waals surface area (Å²) in [6.07, 6.45) is 0. The van der Waals surface area contributed by atoms with Gasteiger partial charge in [-0.1, -0.05) is 22.9 Å². The van der Waals surface area contributed by atoms with Crippen LogP contribution >= 0.6 is 22.9 Å². The first kappa shape index (κ1) is 20.6. The molecule has 2 amide bonds. The van der Waals surface area contributed by atoms with Crippen LogP contribution in [0.4, 0.5) is 5.13 Å². The largest absolute Gasteiger partial charge is 0.496 e. The molecule has 1 aliphatic rings. The van der Waals surface area contributed by atoms with Crippen LogP contribution in [0, 0.1) is 0 Å². The molecule has 0 spiro atoms. The normalized spacial score (nSPS) is 14.7. The van der Waals surface area contributed by atoms with E-state index < -0.39 is 0 Å². The molecule has 0 atom stereocenters. The second kappa shape index (κ2) is 8.59. The Morgan fingerprint density at radius 1 is 1.13 bits per heavy atom. The number of rotatable bonds is 4. The number of piperazine rings is 1. The van der Waals surface area contributed by atoms with E-state index in [4.69, 9.17) is 16.3 Å². The molecule has 156 valence electrons. The van der Waals surface area contributed by atoms with Crippen molar-refractivity contribution in [3.05, 3.63) is 52.5 Å². The van der Waals surface area contributed by atoms with Crippen LogP contribution in [0.15, 0.2) is 36.4 Å². The monoisotopic (exact) mass is 444 g/mol. The van der Waals surface area contributed by atoms with E-state index in [0.29, 0.717) is 27.0 Å². The molecular weight excluding hydrogens is 424 g/mol. The number of carbonyl (C=O) groups is 2. The fourth-order valence-electron chi connectivity index (χ4n) is 3.33. The molecule has 1 aliphatic heterocycles. The lowest BCUT2D eigenvalue weighted by atomic mass is 10.1. The van der Waals surface area contributed by atoms with Crippen molar-refractivity contribution in [2.75, 3.05) is 45.7 Å². The van der Waals surface area contributed by atoms with Crippen molar-refractivity contribution >= 4 is 50.1 Å². The topological polar surface area (TPSA) is 74.8 Å². The molecule has 1 N–H and O–H groups in total. The van der Waals surface area contributed by atoms with Gasteiger partial charge in [-0.25, -0.2) is 4.98 Å². The van der Waals surface area contributed by atoms with E-state index in [9.17, 15) is 9.59 Å². The van der Waals surface area contributed by atoms with Gasteiger partial charge in [-0.3, -0.25) is 14.9 Å². The molecule has 1 saturated heterocycles. The second-order valence-electron chi connectivity index (χ2n) is 7.10. The molecule has 7 nitrogen and oxygen atoms in total. The molecule has 2 heterocycles. The summed E-state index contributed by atoms with van der Waals surface area (Å²) in [6.45, 7) is 3.19. The van der Waals surface area contributed by atoms with Gasteiger partial charge in [-0.05, 0) is 43.4 Å². The smallest absolute Gasteiger partial charge is 0.261 e. The van der Waals surface area contributed by atoms with Crippen molar-refractivity contribution in [2.24, 2.45) is 0 Å². The minimum Gasteiger partial charge on any atom is -0.496 e. The fourth-order valence-corrected chi connectivity index (χ4v) is 4.40. The van der Waals surface area contributed by atoms with Crippen LogP contribution < -0.4 is 10.1 Å². The molecule has 0 radical (unpaired) electrons. The zero-order chi connectivity index (χ0) is 21.3. The van der Waals surface area contributed by atoms with Crippen LogP contribution in [0.5, 0.6) is 5.75 Å². The minimum absolute atomic E-state index is 0.0210. The number of fused-ring (bicyclic) bond motifs is 1. The highest BCUT2D eigenvalue weighted by Gasteiger charge is 2.21. The van der Waals surface area contributed by atoms with Crippen molar-refractivity contribution in [3.8, 4) is 5.75 Å². The van der Waals surface area contributed by atoms with Gasteiger partial charge in [0, 0.05) is 36.8 Å². The van der Waals surface area contributed by atoms with Crippen LogP contribution in [0.25, 0.3) is 10.2 Å². The predicted molar refractivity (Wildman–Crippen MR) is 119 cm³/mol. The first-order valence-electron chi connectivity index (χ1n) is 9.48. The number of methoxy groups -OCH3 is 1. The number of hydrogen-bond donors (Lipinski definition) is 1. The van der Waals surface area contributed by atoms with Gasteiger partial charge in [-0.2, -0.15) is 0 Å². The Morgan fingerprint density at radius 3 is 2.63 bits per heavy atom. The van der Waals surface area contributed by atoms with Gasteiger partial charge < -0.3 is 14.5 Å². The Balaban J connectivity index is 1.53. The highest BCUT2D eigenvalue weighted by molar-refractivity contribution is 7.22. The summed E-state index contributed by atoms with van der Waals surface area (Å²) in [5.41, 5.74) is 1.68. The molecule has 0 bridgehead atoms. The molecule has 30 heavy (non-hydrogen) atoms. The van der Waals surface area contributed by atoms with Crippen LogP contribution in [-0.2, 0) is 0 Å². The Labute approximate surface area is 183 Å². The van der Waals surface area contributed by atoms with Gasteiger partial charge in [0.15, 0.2) is 5.13 Å². The number of nitrogens with zero attached hydrogens (tertiary/aromatic N) is 3. The molecule has 9 heteroatoms. The number of carbonyl (C=O) groups excluding carboxylic acids is 2. The van der Waals surface area contributed by atoms with Crippen molar-refractivity contribution < 1.29 is 14.3 Å². The maximum absolute atomic E-state index is 12.8. The number of anilines is 1. The zero-order valence-electron chi connectivity index (χ0n) is 16.6.